The third-order valence-corrected chi connectivity index (χ3v) is 4.95. The van der Waals surface area contributed by atoms with Crippen LogP contribution in [0, 0.1) is 13.8 Å². The Labute approximate surface area is 170 Å². The van der Waals surface area contributed by atoms with Gasteiger partial charge in [0.05, 0.1) is 12.9 Å². The fraction of sp³-hybridized carbons (Fsp3) is 0.304. The number of amides is 1. The van der Waals surface area contributed by atoms with E-state index >= 15 is 0 Å². The summed E-state index contributed by atoms with van der Waals surface area (Å²) < 4.78 is 10.5. The quantitative estimate of drug-likeness (QED) is 0.579. The number of carbonyl (C=O) groups is 2. The third kappa shape index (κ3) is 4.77. The van der Waals surface area contributed by atoms with E-state index < -0.39 is 0 Å². The maximum Gasteiger partial charge on any atom is 0.355 e. The number of H-pyrrole nitrogens is 1. The number of hydrogen-bond donors (Lipinski definition) is 1. The van der Waals surface area contributed by atoms with Crippen molar-refractivity contribution in [2.45, 2.75) is 33.7 Å². The van der Waals surface area contributed by atoms with Crippen LogP contribution in [0.1, 0.15) is 50.4 Å². The van der Waals surface area contributed by atoms with Crippen molar-refractivity contribution in [1.82, 2.24) is 9.88 Å². The summed E-state index contributed by atoms with van der Waals surface area (Å²) in [7, 11) is 0. The molecule has 2 aromatic heterocycles. The lowest BCUT2D eigenvalue weighted by Gasteiger charge is -2.22. The molecular formula is C23H26N2O4. The molecule has 152 valence electrons. The normalized spacial score (nSPS) is 10.7. The number of carbonyl (C=O) groups excluding carboxylic acids is 2. The van der Waals surface area contributed by atoms with Crippen LogP contribution < -0.4 is 0 Å². The lowest BCUT2D eigenvalue weighted by atomic mass is 10.1. The molecule has 0 unspecified atom stereocenters. The van der Waals surface area contributed by atoms with Gasteiger partial charge < -0.3 is 19.0 Å². The number of nitrogens with zero attached hydrogens (tertiary/aromatic N) is 1. The van der Waals surface area contributed by atoms with E-state index in [0.717, 1.165) is 28.8 Å². The van der Waals surface area contributed by atoms with Gasteiger partial charge in [-0.1, -0.05) is 30.3 Å². The van der Waals surface area contributed by atoms with E-state index in [0.29, 0.717) is 31.2 Å². The first-order valence-electron chi connectivity index (χ1n) is 9.73. The number of nitrogens with one attached hydrogen (secondary N) is 1. The van der Waals surface area contributed by atoms with Gasteiger partial charge >= 0.3 is 5.97 Å². The van der Waals surface area contributed by atoms with Gasteiger partial charge in [-0.2, -0.15) is 0 Å². The van der Waals surface area contributed by atoms with E-state index in [1.54, 1.807) is 24.0 Å². The first-order valence-corrected chi connectivity index (χ1v) is 9.73. The van der Waals surface area contributed by atoms with Gasteiger partial charge in [-0.15, -0.1) is 0 Å². The van der Waals surface area contributed by atoms with Gasteiger partial charge in [0.15, 0.2) is 5.76 Å². The Kier molecular flexibility index (Phi) is 6.54. The molecule has 1 aromatic carbocycles. The summed E-state index contributed by atoms with van der Waals surface area (Å²) in [5.74, 6) is -0.259. The van der Waals surface area contributed by atoms with Gasteiger partial charge in [-0.25, -0.2) is 4.79 Å². The van der Waals surface area contributed by atoms with E-state index in [1.165, 1.54) is 6.26 Å². The fourth-order valence-electron chi connectivity index (χ4n) is 3.34. The van der Waals surface area contributed by atoms with Crippen LogP contribution in [-0.4, -0.2) is 34.9 Å². The van der Waals surface area contributed by atoms with Crippen molar-refractivity contribution in [2.24, 2.45) is 0 Å². The monoisotopic (exact) mass is 394 g/mol. The predicted octanol–water partition coefficient (Wildman–Crippen LogP) is 4.29. The van der Waals surface area contributed by atoms with Crippen molar-refractivity contribution in [2.75, 3.05) is 13.2 Å². The number of benzene rings is 1. The predicted molar refractivity (Wildman–Crippen MR) is 110 cm³/mol. The molecule has 0 bridgehead atoms. The lowest BCUT2D eigenvalue weighted by molar-refractivity contribution is 0.0519. The Hall–Kier alpha value is -3.28. The summed E-state index contributed by atoms with van der Waals surface area (Å²) in [5, 5.41) is 0. The van der Waals surface area contributed by atoms with Crippen LogP contribution in [0.5, 0.6) is 0 Å². The number of ether oxygens (including phenoxy) is 1. The highest BCUT2D eigenvalue weighted by Gasteiger charge is 2.24. The zero-order valence-corrected chi connectivity index (χ0v) is 17.0. The minimum absolute atomic E-state index is 0.177. The first-order chi connectivity index (χ1) is 14.0. The second kappa shape index (κ2) is 9.28. The average molecular weight is 394 g/mol. The summed E-state index contributed by atoms with van der Waals surface area (Å²) in [6, 6.07) is 13.4. The SMILES string of the molecule is CCOC(=O)c1[nH]c(C)c(CN(CCc2ccccc2)C(=O)c2ccco2)c1C. The molecule has 0 aliphatic rings. The van der Waals surface area contributed by atoms with E-state index in [4.69, 9.17) is 9.15 Å². The second-order valence-corrected chi connectivity index (χ2v) is 6.89. The van der Waals surface area contributed by atoms with Gasteiger partial charge in [0, 0.05) is 18.8 Å². The van der Waals surface area contributed by atoms with Crippen LogP contribution in [0.15, 0.2) is 53.1 Å². The van der Waals surface area contributed by atoms with Crippen molar-refractivity contribution < 1.29 is 18.7 Å². The lowest BCUT2D eigenvalue weighted by Crippen LogP contribution is -2.32. The van der Waals surface area contributed by atoms with Crippen molar-refractivity contribution in [3.63, 3.8) is 0 Å². The molecule has 6 heteroatoms. The smallest absolute Gasteiger partial charge is 0.355 e. The Morgan fingerprint density at radius 2 is 1.86 bits per heavy atom. The maximum atomic E-state index is 13.0. The van der Waals surface area contributed by atoms with Crippen LogP contribution in [0.4, 0.5) is 0 Å². The van der Waals surface area contributed by atoms with Crippen molar-refractivity contribution in [1.29, 1.82) is 0 Å². The van der Waals surface area contributed by atoms with Gasteiger partial charge in [-0.3, -0.25) is 4.79 Å². The standard InChI is InChI=1S/C23H26N2O4/c1-4-28-23(27)21-16(2)19(17(3)24-21)15-25(22(26)20-11-8-14-29-20)13-12-18-9-6-5-7-10-18/h5-11,14,24H,4,12-13,15H2,1-3H3. The van der Waals surface area contributed by atoms with Gasteiger partial charge in [0.1, 0.15) is 5.69 Å². The van der Waals surface area contributed by atoms with Gasteiger partial charge in [0.2, 0.25) is 0 Å². The Morgan fingerprint density at radius 1 is 1.10 bits per heavy atom. The Morgan fingerprint density at radius 3 is 2.52 bits per heavy atom. The number of aryl methyl sites for hydroxylation is 1. The summed E-state index contributed by atoms with van der Waals surface area (Å²) in [6.45, 7) is 6.76. The van der Waals surface area contributed by atoms with E-state index in [9.17, 15) is 9.59 Å². The molecular weight excluding hydrogens is 368 g/mol. The van der Waals surface area contributed by atoms with E-state index in [1.807, 2.05) is 44.2 Å². The molecule has 0 fully saturated rings. The van der Waals surface area contributed by atoms with Crippen molar-refractivity contribution in [3.05, 3.63) is 82.6 Å². The third-order valence-electron chi connectivity index (χ3n) is 4.95. The van der Waals surface area contributed by atoms with Crippen LogP contribution in [-0.2, 0) is 17.7 Å². The topological polar surface area (TPSA) is 75.5 Å². The Bertz CT molecular complexity index is 958. The summed E-state index contributed by atoms with van der Waals surface area (Å²) in [5.41, 5.74) is 4.16. The number of furan rings is 1. The molecule has 0 atom stereocenters. The van der Waals surface area contributed by atoms with E-state index in [-0.39, 0.29) is 11.9 Å². The summed E-state index contributed by atoms with van der Waals surface area (Å²) in [4.78, 5) is 30.1. The van der Waals surface area contributed by atoms with Crippen LogP contribution >= 0.6 is 0 Å². The number of hydrogen-bond acceptors (Lipinski definition) is 4. The maximum absolute atomic E-state index is 13.0. The minimum atomic E-state index is -0.382. The molecule has 0 aliphatic carbocycles. The fourth-order valence-corrected chi connectivity index (χ4v) is 3.34. The van der Waals surface area contributed by atoms with Crippen LogP contribution in [0.25, 0.3) is 0 Å². The highest BCUT2D eigenvalue weighted by molar-refractivity contribution is 5.92. The molecule has 6 nitrogen and oxygen atoms in total. The average Bonchev–Trinajstić information content (AvgIpc) is 3.35. The number of aromatic nitrogens is 1. The number of esters is 1. The molecule has 0 spiro atoms. The van der Waals surface area contributed by atoms with Crippen LogP contribution in [0.3, 0.4) is 0 Å². The van der Waals surface area contributed by atoms with Gasteiger partial charge in [-0.05, 0) is 56.0 Å². The zero-order chi connectivity index (χ0) is 20.8. The highest BCUT2D eigenvalue weighted by atomic mass is 16.5. The molecule has 3 rings (SSSR count). The summed E-state index contributed by atoms with van der Waals surface area (Å²) in [6.07, 6.45) is 2.22. The molecule has 29 heavy (non-hydrogen) atoms. The molecule has 3 aromatic rings. The van der Waals surface area contributed by atoms with Crippen molar-refractivity contribution >= 4 is 11.9 Å². The van der Waals surface area contributed by atoms with Crippen molar-refractivity contribution in [3.8, 4) is 0 Å². The molecule has 2 heterocycles. The largest absolute Gasteiger partial charge is 0.461 e. The second-order valence-electron chi connectivity index (χ2n) is 6.89. The number of rotatable bonds is 8. The Balaban J connectivity index is 1.85. The van der Waals surface area contributed by atoms with E-state index in [2.05, 4.69) is 4.98 Å². The number of aromatic amines is 1. The molecule has 0 radical (unpaired) electrons. The molecule has 0 aliphatic heterocycles. The molecule has 0 saturated carbocycles. The molecule has 1 amide bonds. The first kappa shape index (κ1) is 20.5. The molecule has 1 N–H and O–H groups in total. The molecule has 0 saturated heterocycles. The van der Waals surface area contributed by atoms with Crippen LogP contribution in [0.2, 0.25) is 0 Å². The van der Waals surface area contributed by atoms with Gasteiger partial charge in [0.25, 0.3) is 5.91 Å². The zero-order valence-electron chi connectivity index (χ0n) is 17.0. The minimum Gasteiger partial charge on any atom is -0.461 e. The summed E-state index contributed by atoms with van der Waals surface area (Å²) >= 11 is 0. The highest BCUT2D eigenvalue weighted by Crippen LogP contribution is 2.22.